The predicted molar refractivity (Wildman–Crippen MR) is 74.7 cm³/mol. The molecule has 96 valence electrons. The number of hydrazine groups is 1. The third-order valence-electron chi connectivity index (χ3n) is 3.17. The summed E-state index contributed by atoms with van der Waals surface area (Å²) >= 11 is 0. The number of hydrogen-bond acceptors (Lipinski definition) is 2. The lowest BCUT2D eigenvalue weighted by Crippen LogP contribution is -2.36. The van der Waals surface area contributed by atoms with Gasteiger partial charge in [-0.2, -0.15) is 0 Å². The van der Waals surface area contributed by atoms with E-state index in [1.807, 2.05) is 0 Å². The first-order valence-electron chi connectivity index (χ1n) is 6.63. The van der Waals surface area contributed by atoms with Crippen LogP contribution in [0.15, 0.2) is 24.3 Å². The lowest BCUT2D eigenvalue weighted by molar-refractivity contribution is 0.441. The minimum Gasteiger partial charge on any atom is -0.271 e. The highest BCUT2D eigenvalue weighted by molar-refractivity contribution is 5.22. The summed E-state index contributed by atoms with van der Waals surface area (Å²) in [5.41, 5.74) is 5.61. The number of rotatable bonds is 7. The molecule has 1 rings (SSSR count). The van der Waals surface area contributed by atoms with E-state index in [9.17, 15) is 0 Å². The highest BCUT2D eigenvalue weighted by Crippen LogP contribution is 2.12. The quantitative estimate of drug-likeness (QED) is 0.561. The van der Waals surface area contributed by atoms with Gasteiger partial charge < -0.3 is 0 Å². The van der Waals surface area contributed by atoms with Crippen molar-refractivity contribution in [1.82, 2.24) is 5.43 Å². The molecule has 0 bridgehead atoms. The molecular weight excluding hydrogens is 208 g/mol. The Balaban J connectivity index is 2.38. The SMILES string of the molecule is Cc1ccc(CC(CCCC(C)C)NN)cc1. The van der Waals surface area contributed by atoms with Gasteiger partial charge in [0.05, 0.1) is 0 Å². The standard InChI is InChI=1S/C15H26N2/c1-12(2)5-4-6-15(17-16)11-14-9-7-13(3)8-10-14/h7-10,12,15,17H,4-6,11,16H2,1-3H3. The van der Waals surface area contributed by atoms with E-state index in [4.69, 9.17) is 5.84 Å². The highest BCUT2D eigenvalue weighted by atomic mass is 15.2. The Morgan fingerprint density at radius 2 is 1.76 bits per heavy atom. The molecule has 1 aromatic rings. The zero-order valence-electron chi connectivity index (χ0n) is 11.4. The average molecular weight is 234 g/mol. The van der Waals surface area contributed by atoms with Crippen molar-refractivity contribution in [3.8, 4) is 0 Å². The number of benzene rings is 1. The summed E-state index contributed by atoms with van der Waals surface area (Å²) in [4.78, 5) is 0. The van der Waals surface area contributed by atoms with Gasteiger partial charge in [0.25, 0.3) is 0 Å². The Morgan fingerprint density at radius 1 is 1.12 bits per heavy atom. The van der Waals surface area contributed by atoms with Crippen molar-refractivity contribution in [2.24, 2.45) is 11.8 Å². The van der Waals surface area contributed by atoms with E-state index in [-0.39, 0.29) is 0 Å². The Bertz CT molecular complexity index is 303. The van der Waals surface area contributed by atoms with Gasteiger partial charge in [0.1, 0.15) is 0 Å². The molecule has 0 aliphatic rings. The molecule has 1 unspecified atom stereocenters. The second-order valence-corrected chi connectivity index (χ2v) is 5.38. The zero-order chi connectivity index (χ0) is 12.7. The molecule has 0 aliphatic heterocycles. The van der Waals surface area contributed by atoms with Crippen molar-refractivity contribution in [1.29, 1.82) is 0 Å². The summed E-state index contributed by atoms with van der Waals surface area (Å²) < 4.78 is 0. The van der Waals surface area contributed by atoms with Crippen LogP contribution in [0.3, 0.4) is 0 Å². The highest BCUT2D eigenvalue weighted by Gasteiger charge is 2.07. The van der Waals surface area contributed by atoms with Crippen molar-refractivity contribution >= 4 is 0 Å². The Morgan fingerprint density at radius 3 is 2.29 bits per heavy atom. The minimum absolute atomic E-state index is 0.399. The molecule has 3 N–H and O–H groups in total. The second kappa shape index (κ2) is 7.46. The smallest absolute Gasteiger partial charge is 0.0250 e. The molecule has 0 heterocycles. The lowest BCUT2D eigenvalue weighted by Gasteiger charge is -2.16. The van der Waals surface area contributed by atoms with Crippen LogP contribution in [0.5, 0.6) is 0 Å². The van der Waals surface area contributed by atoms with E-state index >= 15 is 0 Å². The van der Waals surface area contributed by atoms with E-state index < -0.39 is 0 Å². The van der Waals surface area contributed by atoms with Crippen LogP contribution in [0.2, 0.25) is 0 Å². The van der Waals surface area contributed by atoms with Crippen LogP contribution in [-0.2, 0) is 6.42 Å². The molecular formula is C15H26N2. The summed E-state index contributed by atoms with van der Waals surface area (Å²) in [7, 11) is 0. The van der Waals surface area contributed by atoms with E-state index in [1.54, 1.807) is 0 Å². The summed E-state index contributed by atoms with van der Waals surface area (Å²) in [6.45, 7) is 6.65. The summed E-state index contributed by atoms with van der Waals surface area (Å²) in [6, 6.07) is 9.12. The molecule has 0 aliphatic carbocycles. The molecule has 0 spiro atoms. The summed E-state index contributed by atoms with van der Waals surface area (Å²) in [5.74, 6) is 6.40. The van der Waals surface area contributed by atoms with Gasteiger partial charge in [0, 0.05) is 6.04 Å². The van der Waals surface area contributed by atoms with Gasteiger partial charge in [-0.3, -0.25) is 11.3 Å². The van der Waals surface area contributed by atoms with Crippen LogP contribution >= 0.6 is 0 Å². The molecule has 2 nitrogen and oxygen atoms in total. The molecule has 0 saturated carbocycles. The fraction of sp³-hybridized carbons (Fsp3) is 0.600. The van der Waals surface area contributed by atoms with Gasteiger partial charge in [-0.25, -0.2) is 0 Å². The lowest BCUT2D eigenvalue weighted by atomic mass is 9.98. The molecule has 0 aromatic heterocycles. The maximum atomic E-state index is 5.62. The monoisotopic (exact) mass is 234 g/mol. The van der Waals surface area contributed by atoms with Gasteiger partial charge in [0.15, 0.2) is 0 Å². The third-order valence-corrected chi connectivity index (χ3v) is 3.17. The molecule has 0 radical (unpaired) electrons. The van der Waals surface area contributed by atoms with Crippen LogP contribution in [-0.4, -0.2) is 6.04 Å². The van der Waals surface area contributed by atoms with Crippen LogP contribution < -0.4 is 11.3 Å². The van der Waals surface area contributed by atoms with Gasteiger partial charge in [-0.15, -0.1) is 0 Å². The fourth-order valence-corrected chi connectivity index (χ4v) is 2.03. The average Bonchev–Trinajstić information content (AvgIpc) is 2.30. The van der Waals surface area contributed by atoms with Gasteiger partial charge in [0.2, 0.25) is 0 Å². The number of hydrogen-bond donors (Lipinski definition) is 2. The topological polar surface area (TPSA) is 38.0 Å². The molecule has 0 fully saturated rings. The van der Waals surface area contributed by atoms with Crippen molar-refractivity contribution in [3.63, 3.8) is 0 Å². The molecule has 17 heavy (non-hydrogen) atoms. The van der Waals surface area contributed by atoms with E-state index in [1.165, 1.54) is 24.0 Å². The summed E-state index contributed by atoms with van der Waals surface area (Å²) in [6.07, 6.45) is 4.71. The number of nitrogens with one attached hydrogen (secondary N) is 1. The van der Waals surface area contributed by atoms with E-state index in [2.05, 4.69) is 50.5 Å². The normalized spacial score (nSPS) is 13.0. The minimum atomic E-state index is 0.399. The third kappa shape index (κ3) is 5.85. The van der Waals surface area contributed by atoms with Crippen molar-refractivity contribution in [3.05, 3.63) is 35.4 Å². The number of aryl methyl sites for hydroxylation is 1. The maximum absolute atomic E-state index is 5.62. The largest absolute Gasteiger partial charge is 0.271 e. The van der Waals surface area contributed by atoms with Crippen LogP contribution in [0.25, 0.3) is 0 Å². The van der Waals surface area contributed by atoms with Crippen molar-refractivity contribution in [2.75, 3.05) is 0 Å². The zero-order valence-corrected chi connectivity index (χ0v) is 11.4. The van der Waals surface area contributed by atoms with Crippen molar-refractivity contribution in [2.45, 2.75) is 52.5 Å². The maximum Gasteiger partial charge on any atom is 0.0250 e. The second-order valence-electron chi connectivity index (χ2n) is 5.38. The predicted octanol–water partition coefficient (Wildman–Crippen LogP) is 3.20. The molecule has 1 aromatic carbocycles. The summed E-state index contributed by atoms with van der Waals surface area (Å²) in [5, 5.41) is 0. The van der Waals surface area contributed by atoms with E-state index in [0.717, 1.165) is 18.8 Å². The van der Waals surface area contributed by atoms with Crippen LogP contribution in [0, 0.1) is 12.8 Å². The van der Waals surface area contributed by atoms with Crippen LogP contribution in [0.4, 0.5) is 0 Å². The Hall–Kier alpha value is -0.860. The molecule has 1 atom stereocenters. The molecule has 0 amide bonds. The van der Waals surface area contributed by atoms with Gasteiger partial charge in [-0.1, -0.05) is 56.5 Å². The van der Waals surface area contributed by atoms with Gasteiger partial charge in [-0.05, 0) is 31.2 Å². The van der Waals surface area contributed by atoms with Crippen molar-refractivity contribution < 1.29 is 0 Å². The van der Waals surface area contributed by atoms with Gasteiger partial charge >= 0.3 is 0 Å². The molecule has 0 saturated heterocycles. The number of nitrogens with two attached hydrogens (primary N) is 1. The first-order valence-corrected chi connectivity index (χ1v) is 6.63. The Kier molecular flexibility index (Phi) is 6.23. The Labute approximate surface area is 106 Å². The molecule has 2 heteroatoms. The first kappa shape index (κ1) is 14.2. The first-order chi connectivity index (χ1) is 8.11. The van der Waals surface area contributed by atoms with Crippen LogP contribution in [0.1, 0.15) is 44.2 Å². The fourth-order valence-electron chi connectivity index (χ4n) is 2.03. The van der Waals surface area contributed by atoms with E-state index in [0.29, 0.717) is 6.04 Å².